The fourth-order valence-corrected chi connectivity index (χ4v) is 3.35. The number of hydrogen-bond donors (Lipinski definition) is 1. The first-order valence-electron chi connectivity index (χ1n) is 7.35. The van der Waals surface area contributed by atoms with E-state index in [0.29, 0.717) is 12.0 Å². The van der Waals surface area contributed by atoms with Crippen LogP contribution >= 0.6 is 0 Å². The summed E-state index contributed by atoms with van der Waals surface area (Å²) in [6.07, 6.45) is 3.88. The van der Waals surface area contributed by atoms with Crippen molar-refractivity contribution in [2.45, 2.75) is 44.8 Å². The van der Waals surface area contributed by atoms with Gasteiger partial charge in [0.25, 0.3) is 0 Å². The van der Waals surface area contributed by atoms with E-state index in [-0.39, 0.29) is 5.54 Å². The average Bonchev–Trinajstić information content (AvgIpc) is 2.93. The smallest absolute Gasteiger partial charge is 0.0599 e. The number of ether oxygens (including phenoxy) is 2. The fourth-order valence-electron chi connectivity index (χ4n) is 3.35. The highest BCUT2D eigenvalue weighted by Crippen LogP contribution is 2.33. The van der Waals surface area contributed by atoms with Crippen LogP contribution in [0.15, 0.2) is 0 Å². The molecule has 0 aliphatic carbocycles. The zero-order chi connectivity index (χ0) is 13.0. The van der Waals surface area contributed by atoms with Gasteiger partial charge in [0, 0.05) is 44.3 Å². The molecule has 106 valence electrons. The van der Waals surface area contributed by atoms with Crippen LogP contribution in [-0.2, 0) is 9.47 Å². The SMILES string of the molecule is CCOC1CCN(C(C)(CN)C2CCOC2)CC1. The third-order valence-corrected chi connectivity index (χ3v) is 4.79. The van der Waals surface area contributed by atoms with Crippen molar-refractivity contribution in [2.75, 3.05) is 39.5 Å². The summed E-state index contributed by atoms with van der Waals surface area (Å²) in [6.45, 7) is 9.92. The first-order chi connectivity index (χ1) is 8.70. The Kier molecular flexibility index (Phi) is 5.01. The molecule has 2 unspecified atom stereocenters. The summed E-state index contributed by atoms with van der Waals surface area (Å²) in [7, 11) is 0. The highest BCUT2D eigenvalue weighted by atomic mass is 16.5. The van der Waals surface area contributed by atoms with Gasteiger partial charge >= 0.3 is 0 Å². The molecule has 0 aromatic carbocycles. The lowest BCUT2D eigenvalue weighted by Crippen LogP contribution is -2.59. The molecule has 2 saturated heterocycles. The van der Waals surface area contributed by atoms with E-state index in [0.717, 1.165) is 58.7 Å². The Bertz CT molecular complexity index is 248. The Labute approximate surface area is 111 Å². The van der Waals surface area contributed by atoms with Gasteiger partial charge in [0.15, 0.2) is 0 Å². The zero-order valence-corrected chi connectivity index (χ0v) is 11.9. The minimum absolute atomic E-state index is 0.105. The minimum atomic E-state index is 0.105. The monoisotopic (exact) mass is 256 g/mol. The molecule has 2 atom stereocenters. The van der Waals surface area contributed by atoms with E-state index in [9.17, 15) is 0 Å². The van der Waals surface area contributed by atoms with Crippen molar-refractivity contribution in [3.05, 3.63) is 0 Å². The molecule has 18 heavy (non-hydrogen) atoms. The second-order valence-corrected chi connectivity index (χ2v) is 5.76. The van der Waals surface area contributed by atoms with Crippen molar-refractivity contribution in [2.24, 2.45) is 11.7 Å². The molecule has 0 saturated carbocycles. The van der Waals surface area contributed by atoms with Gasteiger partial charge < -0.3 is 15.2 Å². The van der Waals surface area contributed by atoms with Crippen LogP contribution < -0.4 is 5.73 Å². The van der Waals surface area contributed by atoms with Crippen molar-refractivity contribution in [3.8, 4) is 0 Å². The molecule has 2 aliphatic rings. The zero-order valence-electron chi connectivity index (χ0n) is 11.9. The van der Waals surface area contributed by atoms with E-state index >= 15 is 0 Å². The Balaban J connectivity index is 1.92. The van der Waals surface area contributed by atoms with Crippen LogP contribution in [0.2, 0.25) is 0 Å². The third-order valence-electron chi connectivity index (χ3n) is 4.79. The number of hydrogen-bond acceptors (Lipinski definition) is 4. The van der Waals surface area contributed by atoms with Gasteiger partial charge in [-0.3, -0.25) is 4.90 Å². The molecule has 0 spiro atoms. The summed E-state index contributed by atoms with van der Waals surface area (Å²) in [5, 5.41) is 0. The molecule has 2 rings (SSSR count). The maximum absolute atomic E-state index is 6.08. The van der Waals surface area contributed by atoms with Crippen molar-refractivity contribution in [1.29, 1.82) is 0 Å². The molecule has 2 fully saturated rings. The first kappa shape index (κ1) is 14.3. The van der Waals surface area contributed by atoms with E-state index < -0.39 is 0 Å². The van der Waals surface area contributed by atoms with E-state index in [1.807, 2.05) is 0 Å². The number of piperidine rings is 1. The number of nitrogens with two attached hydrogens (primary N) is 1. The second-order valence-electron chi connectivity index (χ2n) is 5.76. The highest BCUT2D eigenvalue weighted by molar-refractivity contribution is 4.97. The predicted molar refractivity (Wildman–Crippen MR) is 72.6 cm³/mol. The summed E-state index contributed by atoms with van der Waals surface area (Å²) in [4.78, 5) is 2.57. The first-order valence-corrected chi connectivity index (χ1v) is 7.35. The normalized spacial score (nSPS) is 30.5. The van der Waals surface area contributed by atoms with E-state index in [1.54, 1.807) is 0 Å². The van der Waals surface area contributed by atoms with Gasteiger partial charge in [0.1, 0.15) is 0 Å². The third kappa shape index (κ3) is 2.87. The molecule has 0 amide bonds. The lowest BCUT2D eigenvalue weighted by Gasteiger charge is -2.47. The van der Waals surface area contributed by atoms with Crippen LogP contribution in [0.5, 0.6) is 0 Å². The Hall–Kier alpha value is -0.160. The molecule has 4 nitrogen and oxygen atoms in total. The number of nitrogens with zero attached hydrogens (tertiary/aromatic N) is 1. The van der Waals surface area contributed by atoms with Gasteiger partial charge in [0.05, 0.1) is 12.7 Å². The molecule has 0 aromatic rings. The Morgan fingerprint density at radius 3 is 2.56 bits per heavy atom. The minimum Gasteiger partial charge on any atom is -0.381 e. The van der Waals surface area contributed by atoms with Crippen LogP contribution in [0.3, 0.4) is 0 Å². The summed E-state index contributed by atoms with van der Waals surface area (Å²) in [6, 6.07) is 0. The lowest BCUT2D eigenvalue weighted by molar-refractivity contribution is -0.0313. The molecule has 2 heterocycles. The van der Waals surface area contributed by atoms with Crippen molar-refractivity contribution < 1.29 is 9.47 Å². The molecule has 4 heteroatoms. The van der Waals surface area contributed by atoms with Gasteiger partial charge in [0.2, 0.25) is 0 Å². The van der Waals surface area contributed by atoms with Crippen LogP contribution in [0.1, 0.15) is 33.1 Å². The topological polar surface area (TPSA) is 47.7 Å². The maximum Gasteiger partial charge on any atom is 0.0599 e. The fraction of sp³-hybridized carbons (Fsp3) is 1.00. The Morgan fingerprint density at radius 1 is 1.33 bits per heavy atom. The van der Waals surface area contributed by atoms with Gasteiger partial charge in [-0.2, -0.15) is 0 Å². The van der Waals surface area contributed by atoms with Crippen LogP contribution in [-0.4, -0.2) is 56.0 Å². The van der Waals surface area contributed by atoms with E-state index in [4.69, 9.17) is 15.2 Å². The predicted octanol–water partition coefficient (Wildman–Crippen LogP) is 1.24. The number of likely N-dealkylation sites (tertiary alicyclic amines) is 1. The second kappa shape index (κ2) is 6.33. The average molecular weight is 256 g/mol. The molecule has 2 aliphatic heterocycles. The number of rotatable bonds is 5. The molecule has 2 N–H and O–H groups in total. The Morgan fingerprint density at radius 2 is 2.06 bits per heavy atom. The van der Waals surface area contributed by atoms with E-state index in [1.165, 1.54) is 0 Å². The quantitative estimate of drug-likeness (QED) is 0.804. The van der Waals surface area contributed by atoms with Crippen molar-refractivity contribution in [1.82, 2.24) is 4.90 Å². The summed E-state index contributed by atoms with van der Waals surface area (Å²) in [5.41, 5.74) is 6.19. The van der Waals surface area contributed by atoms with Crippen LogP contribution in [0.4, 0.5) is 0 Å². The van der Waals surface area contributed by atoms with E-state index in [2.05, 4.69) is 18.7 Å². The summed E-state index contributed by atoms with van der Waals surface area (Å²) in [5.74, 6) is 0.589. The molecule has 0 radical (unpaired) electrons. The standard InChI is InChI=1S/C14H28N2O2/c1-3-18-13-4-7-16(8-5-13)14(2,11-15)12-6-9-17-10-12/h12-13H,3-11,15H2,1-2H3. The molecule has 0 bridgehead atoms. The molecular formula is C14H28N2O2. The van der Waals surface area contributed by atoms with Crippen molar-refractivity contribution >= 4 is 0 Å². The van der Waals surface area contributed by atoms with Crippen LogP contribution in [0.25, 0.3) is 0 Å². The highest BCUT2D eigenvalue weighted by Gasteiger charge is 2.41. The molecular weight excluding hydrogens is 228 g/mol. The van der Waals surface area contributed by atoms with Gasteiger partial charge in [-0.15, -0.1) is 0 Å². The van der Waals surface area contributed by atoms with Gasteiger partial charge in [-0.05, 0) is 33.1 Å². The van der Waals surface area contributed by atoms with Gasteiger partial charge in [-0.25, -0.2) is 0 Å². The van der Waals surface area contributed by atoms with Crippen LogP contribution in [0, 0.1) is 5.92 Å². The largest absolute Gasteiger partial charge is 0.381 e. The molecule has 0 aromatic heterocycles. The lowest BCUT2D eigenvalue weighted by atomic mass is 9.82. The summed E-state index contributed by atoms with van der Waals surface area (Å²) >= 11 is 0. The van der Waals surface area contributed by atoms with Gasteiger partial charge in [-0.1, -0.05) is 0 Å². The summed E-state index contributed by atoms with van der Waals surface area (Å²) < 4.78 is 11.3. The van der Waals surface area contributed by atoms with Crippen molar-refractivity contribution in [3.63, 3.8) is 0 Å². The maximum atomic E-state index is 6.08.